The van der Waals surface area contributed by atoms with Crippen LogP contribution in [-0.4, -0.2) is 57.5 Å². The molecule has 0 radical (unpaired) electrons. The summed E-state index contributed by atoms with van der Waals surface area (Å²) < 4.78 is 6.72. The van der Waals surface area contributed by atoms with Crippen molar-refractivity contribution in [2.24, 2.45) is 0 Å². The molecule has 0 bridgehead atoms. The summed E-state index contributed by atoms with van der Waals surface area (Å²) in [6, 6.07) is 7.38. The number of aromatic nitrogens is 4. The number of benzene rings is 1. The number of hydrogen-bond donors (Lipinski definition) is 0. The summed E-state index contributed by atoms with van der Waals surface area (Å²) in [6.07, 6.45) is 0. The van der Waals surface area contributed by atoms with Crippen molar-refractivity contribution in [3.63, 3.8) is 0 Å². The smallest absolute Gasteiger partial charge is 0.235 e. The van der Waals surface area contributed by atoms with Gasteiger partial charge in [-0.25, -0.2) is 0 Å². The highest BCUT2D eigenvalue weighted by molar-refractivity contribution is 8.00. The van der Waals surface area contributed by atoms with Gasteiger partial charge in [-0.1, -0.05) is 11.8 Å². The molecule has 0 aliphatic carbocycles. The molecular formula is C13H17N5O2S. The van der Waals surface area contributed by atoms with Crippen LogP contribution in [0.15, 0.2) is 29.4 Å². The maximum absolute atomic E-state index is 11.9. The number of carbonyl (C=O) groups excluding carboxylic acids is 1. The highest BCUT2D eigenvalue weighted by Gasteiger charge is 2.20. The van der Waals surface area contributed by atoms with E-state index in [2.05, 4.69) is 15.5 Å². The van der Waals surface area contributed by atoms with Crippen molar-refractivity contribution >= 4 is 17.7 Å². The number of amides is 1. The van der Waals surface area contributed by atoms with Crippen LogP contribution in [0.3, 0.4) is 0 Å². The van der Waals surface area contributed by atoms with Crippen molar-refractivity contribution < 1.29 is 9.53 Å². The van der Waals surface area contributed by atoms with Gasteiger partial charge in [-0.05, 0) is 41.6 Å². The first kappa shape index (κ1) is 15.3. The highest BCUT2D eigenvalue weighted by Crippen LogP contribution is 2.24. The zero-order chi connectivity index (χ0) is 15.4. The van der Waals surface area contributed by atoms with E-state index in [0.29, 0.717) is 5.16 Å². The van der Waals surface area contributed by atoms with E-state index in [1.807, 2.05) is 31.2 Å². The molecule has 2 rings (SSSR count). The van der Waals surface area contributed by atoms with E-state index in [9.17, 15) is 4.79 Å². The van der Waals surface area contributed by atoms with Gasteiger partial charge in [-0.3, -0.25) is 4.79 Å². The van der Waals surface area contributed by atoms with Crippen LogP contribution in [0.2, 0.25) is 0 Å². The SMILES string of the molecule is COc1ccc(-n2nnnc2SC(C)C(=O)N(C)C)cc1. The van der Waals surface area contributed by atoms with Crippen LogP contribution in [0.25, 0.3) is 5.69 Å². The first-order chi connectivity index (χ1) is 10.0. The molecule has 0 saturated heterocycles. The molecule has 1 amide bonds. The molecule has 1 heterocycles. The molecule has 1 aromatic heterocycles. The van der Waals surface area contributed by atoms with Gasteiger partial charge in [0.1, 0.15) is 5.75 Å². The van der Waals surface area contributed by atoms with Crippen LogP contribution in [0, 0.1) is 0 Å². The fraction of sp³-hybridized carbons (Fsp3) is 0.385. The van der Waals surface area contributed by atoms with E-state index in [0.717, 1.165) is 11.4 Å². The number of rotatable bonds is 5. The number of thioether (sulfide) groups is 1. The second kappa shape index (κ2) is 6.57. The van der Waals surface area contributed by atoms with E-state index in [-0.39, 0.29) is 11.2 Å². The van der Waals surface area contributed by atoms with Crippen LogP contribution >= 0.6 is 11.8 Å². The quantitative estimate of drug-likeness (QED) is 0.774. The third kappa shape index (κ3) is 3.52. The average Bonchev–Trinajstić information content (AvgIpc) is 2.94. The molecule has 21 heavy (non-hydrogen) atoms. The molecule has 0 aliphatic heterocycles. The zero-order valence-corrected chi connectivity index (χ0v) is 13.2. The Balaban J connectivity index is 2.20. The Morgan fingerprint density at radius 3 is 2.57 bits per heavy atom. The summed E-state index contributed by atoms with van der Waals surface area (Å²) in [7, 11) is 5.07. The van der Waals surface area contributed by atoms with E-state index in [4.69, 9.17) is 4.74 Å². The summed E-state index contributed by atoms with van der Waals surface area (Å²) >= 11 is 1.32. The second-order valence-corrected chi connectivity index (χ2v) is 5.87. The van der Waals surface area contributed by atoms with Gasteiger partial charge >= 0.3 is 0 Å². The van der Waals surface area contributed by atoms with Crippen LogP contribution in [0.4, 0.5) is 0 Å². The molecule has 112 valence electrons. The summed E-state index contributed by atoms with van der Waals surface area (Å²) in [5, 5.41) is 11.9. The van der Waals surface area contributed by atoms with Crippen LogP contribution in [0.5, 0.6) is 5.75 Å². The lowest BCUT2D eigenvalue weighted by molar-refractivity contribution is -0.127. The Morgan fingerprint density at radius 1 is 1.33 bits per heavy atom. The maximum Gasteiger partial charge on any atom is 0.235 e. The van der Waals surface area contributed by atoms with Gasteiger partial charge in [0.05, 0.1) is 18.0 Å². The number of tetrazole rings is 1. The minimum atomic E-state index is -0.261. The van der Waals surface area contributed by atoms with Crippen molar-refractivity contribution in [3.8, 4) is 11.4 Å². The predicted octanol–water partition coefficient (Wildman–Crippen LogP) is 1.24. The summed E-state index contributed by atoms with van der Waals surface area (Å²) in [5.41, 5.74) is 0.813. The molecule has 0 fully saturated rings. The Kier molecular flexibility index (Phi) is 4.79. The average molecular weight is 307 g/mol. The third-order valence-electron chi connectivity index (χ3n) is 2.83. The van der Waals surface area contributed by atoms with E-state index in [1.54, 1.807) is 30.8 Å². The molecule has 0 N–H and O–H groups in total. The standard InChI is InChI=1S/C13H17N5O2S/c1-9(12(19)17(2)3)21-13-14-15-16-18(13)10-5-7-11(20-4)8-6-10/h5-9H,1-4H3. The predicted molar refractivity (Wildman–Crippen MR) is 79.7 cm³/mol. The first-order valence-corrected chi connectivity index (χ1v) is 7.21. The number of carbonyl (C=O) groups is 1. The van der Waals surface area contributed by atoms with Crippen molar-refractivity contribution in [2.75, 3.05) is 21.2 Å². The van der Waals surface area contributed by atoms with Gasteiger partial charge in [0.2, 0.25) is 11.1 Å². The molecule has 0 aliphatic rings. The fourth-order valence-electron chi connectivity index (χ4n) is 1.71. The molecule has 7 nitrogen and oxygen atoms in total. The number of ether oxygens (including phenoxy) is 1. The van der Waals surface area contributed by atoms with Crippen LogP contribution in [-0.2, 0) is 4.79 Å². The van der Waals surface area contributed by atoms with Crippen molar-refractivity contribution in [3.05, 3.63) is 24.3 Å². The van der Waals surface area contributed by atoms with Crippen molar-refractivity contribution in [1.29, 1.82) is 0 Å². The lowest BCUT2D eigenvalue weighted by atomic mass is 10.3. The minimum absolute atomic E-state index is 0.0179. The fourth-order valence-corrected chi connectivity index (χ4v) is 2.66. The number of nitrogens with zero attached hydrogens (tertiary/aromatic N) is 5. The Hall–Kier alpha value is -2.09. The Morgan fingerprint density at radius 2 is 2.00 bits per heavy atom. The van der Waals surface area contributed by atoms with Gasteiger partial charge in [-0.15, -0.1) is 5.10 Å². The topological polar surface area (TPSA) is 73.1 Å². The highest BCUT2D eigenvalue weighted by atomic mass is 32.2. The molecule has 1 unspecified atom stereocenters. The first-order valence-electron chi connectivity index (χ1n) is 6.33. The third-order valence-corrected chi connectivity index (χ3v) is 3.85. The van der Waals surface area contributed by atoms with Crippen molar-refractivity contribution in [2.45, 2.75) is 17.3 Å². The van der Waals surface area contributed by atoms with E-state index in [1.165, 1.54) is 11.8 Å². The molecular weight excluding hydrogens is 290 g/mol. The molecule has 2 aromatic rings. The van der Waals surface area contributed by atoms with E-state index < -0.39 is 0 Å². The Bertz CT molecular complexity index is 611. The monoisotopic (exact) mass is 307 g/mol. The van der Waals surface area contributed by atoms with Crippen LogP contribution < -0.4 is 4.74 Å². The van der Waals surface area contributed by atoms with Gasteiger partial charge in [0, 0.05) is 14.1 Å². The van der Waals surface area contributed by atoms with Gasteiger partial charge in [-0.2, -0.15) is 4.68 Å². The van der Waals surface area contributed by atoms with Crippen LogP contribution in [0.1, 0.15) is 6.92 Å². The molecule has 0 saturated carbocycles. The van der Waals surface area contributed by atoms with Crippen molar-refractivity contribution in [1.82, 2.24) is 25.1 Å². The Labute approximate surface area is 127 Å². The van der Waals surface area contributed by atoms with Gasteiger partial charge in [0.25, 0.3) is 0 Å². The summed E-state index contributed by atoms with van der Waals surface area (Å²) in [4.78, 5) is 13.5. The summed E-state index contributed by atoms with van der Waals surface area (Å²) in [6.45, 7) is 1.83. The molecule has 0 spiro atoms. The normalized spacial score (nSPS) is 12.0. The molecule has 1 aromatic carbocycles. The minimum Gasteiger partial charge on any atom is -0.497 e. The molecule has 8 heteroatoms. The lowest BCUT2D eigenvalue weighted by Gasteiger charge is -2.15. The molecule has 1 atom stereocenters. The van der Waals surface area contributed by atoms with Gasteiger partial charge in [0.15, 0.2) is 0 Å². The summed E-state index contributed by atoms with van der Waals surface area (Å²) in [5.74, 6) is 0.779. The largest absolute Gasteiger partial charge is 0.497 e. The second-order valence-electron chi connectivity index (χ2n) is 4.56. The van der Waals surface area contributed by atoms with E-state index >= 15 is 0 Å². The number of hydrogen-bond acceptors (Lipinski definition) is 6. The zero-order valence-electron chi connectivity index (χ0n) is 12.3. The lowest BCUT2D eigenvalue weighted by Crippen LogP contribution is -2.29. The maximum atomic E-state index is 11.9. The number of methoxy groups -OCH3 is 1. The van der Waals surface area contributed by atoms with Gasteiger partial charge < -0.3 is 9.64 Å².